The Balaban J connectivity index is 2.26. The maximum atomic E-state index is 6.18. The summed E-state index contributed by atoms with van der Waals surface area (Å²) >= 11 is 18.2. The molecule has 2 rings (SSSR count). The fourth-order valence-corrected chi connectivity index (χ4v) is 2.24. The Labute approximate surface area is 138 Å². The lowest BCUT2D eigenvalue weighted by atomic mass is 10.1. The van der Waals surface area contributed by atoms with Crippen molar-refractivity contribution in [1.82, 2.24) is 14.9 Å². The highest BCUT2D eigenvalue weighted by atomic mass is 35.5. The number of aromatic nitrogens is 2. The number of hydrogen-bond acceptors (Lipinski definition) is 3. The normalized spacial score (nSPS) is 11.1. The molecule has 0 aliphatic carbocycles. The van der Waals surface area contributed by atoms with E-state index in [-0.39, 0.29) is 5.95 Å². The Hall–Kier alpha value is -1.36. The zero-order chi connectivity index (χ0) is 15.4. The molecule has 0 bridgehead atoms. The number of aliphatic imine (C=N–C) groups is 1. The predicted molar refractivity (Wildman–Crippen MR) is 88.1 cm³/mol. The SMILES string of the molecule is CN(C)/C=N/c1nc(Cl)c(Cc2ccc(Cl)cc2)c(Cl)n1. The minimum absolute atomic E-state index is 0.235. The molecule has 7 heteroatoms. The summed E-state index contributed by atoms with van der Waals surface area (Å²) in [5.41, 5.74) is 1.70. The summed E-state index contributed by atoms with van der Waals surface area (Å²) in [6.07, 6.45) is 2.12. The second-order valence-corrected chi connectivity index (χ2v) is 5.75. The van der Waals surface area contributed by atoms with Gasteiger partial charge in [0.1, 0.15) is 10.3 Å². The first-order valence-electron chi connectivity index (χ1n) is 6.12. The first-order valence-corrected chi connectivity index (χ1v) is 7.26. The molecule has 0 spiro atoms. The van der Waals surface area contributed by atoms with Gasteiger partial charge in [-0.1, -0.05) is 46.9 Å². The molecular weight excluding hydrogens is 331 g/mol. The Morgan fingerprint density at radius 3 is 2.14 bits per heavy atom. The average molecular weight is 344 g/mol. The lowest BCUT2D eigenvalue weighted by Gasteiger charge is -2.07. The molecule has 0 unspecified atom stereocenters. The standard InChI is InChI=1S/C14H13Cl3N4/c1-21(2)8-18-14-19-12(16)11(13(17)20-14)7-9-3-5-10(15)6-4-9/h3-6,8H,7H2,1-2H3/b18-8+. The zero-order valence-corrected chi connectivity index (χ0v) is 13.8. The Morgan fingerprint density at radius 1 is 1.05 bits per heavy atom. The summed E-state index contributed by atoms with van der Waals surface area (Å²) in [6, 6.07) is 7.45. The van der Waals surface area contributed by atoms with E-state index < -0.39 is 0 Å². The topological polar surface area (TPSA) is 41.4 Å². The highest BCUT2D eigenvalue weighted by Crippen LogP contribution is 2.26. The summed E-state index contributed by atoms with van der Waals surface area (Å²) in [5, 5.41) is 1.28. The van der Waals surface area contributed by atoms with Crippen molar-refractivity contribution < 1.29 is 0 Å². The van der Waals surface area contributed by atoms with Crippen molar-refractivity contribution in [1.29, 1.82) is 0 Å². The van der Waals surface area contributed by atoms with Gasteiger partial charge >= 0.3 is 0 Å². The molecule has 0 radical (unpaired) electrons. The maximum Gasteiger partial charge on any atom is 0.253 e. The van der Waals surface area contributed by atoms with Crippen molar-refractivity contribution in [2.45, 2.75) is 6.42 Å². The zero-order valence-electron chi connectivity index (χ0n) is 11.5. The van der Waals surface area contributed by atoms with E-state index in [4.69, 9.17) is 34.8 Å². The number of hydrogen-bond donors (Lipinski definition) is 0. The number of nitrogens with zero attached hydrogens (tertiary/aromatic N) is 4. The van der Waals surface area contributed by atoms with Crippen molar-refractivity contribution in [3.63, 3.8) is 0 Å². The van der Waals surface area contributed by atoms with Crippen LogP contribution in [-0.2, 0) is 6.42 Å². The van der Waals surface area contributed by atoms with Crippen LogP contribution in [0.15, 0.2) is 29.3 Å². The molecule has 110 valence electrons. The van der Waals surface area contributed by atoms with Gasteiger partial charge in [-0.25, -0.2) is 4.99 Å². The van der Waals surface area contributed by atoms with E-state index in [0.29, 0.717) is 27.3 Å². The molecule has 0 fully saturated rings. The molecule has 0 atom stereocenters. The summed E-state index contributed by atoms with van der Waals surface area (Å²) in [5.74, 6) is 0.235. The van der Waals surface area contributed by atoms with Crippen molar-refractivity contribution in [3.8, 4) is 0 Å². The number of rotatable bonds is 4. The van der Waals surface area contributed by atoms with Crippen molar-refractivity contribution in [2.24, 2.45) is 4.99 Å². The van der Waals surface area contributed by atoms with Crippen LogP contribution in [0.25, 0.3) is 0 Å². The molecule has 1 heterocycles. The molecule has 0 amide bonds. The fourth-order valence-electron chi connectivity index (χ4n) is 1.60. The Morgan fingerprint density at radius 2 is 1.62 bits per heavy atom. The van der Waals surface area contributed by atoms with Gasteiger partial charge in [0, 0.05) is 31.1 Å². The third kappa shape index (κ3) is 4.56. The van der Waals surface area contributed by atoms with Crippen LogP contribution in [0.2, 0.25) is 15.3 Å². The first-order chi connectivity index (χ1) is 9.95. The summed E-state index contributed by atoms with van der Waals surface area (Å²) in [4.78, 5) is 14.1. The van der Waals surface area contributed by atoms with Gasteiger partial charge in [0.15, 0.2) is 0 Å². The van der Waals surface area contributed by atoms with Gasteiger partial charge < -0.3 is 4.90 Å². The molecule has 0 aliphatic rings. The summed E-state index contributed by atoms with van der Waals surface area (Å²) in [6.45, 7) is 0. The van der Waals surface area contributed by atoms with Gasteiger partial charge in [-0.05, 0) is 17.7 Å². The highest BCUT2D eigenvalue weighted by Gasteiger charge is 2.12. The van der Waals surface area contributed by atoms with Gasteiger partial charge in [-0.2, -0.15) is 9.97 Å². The third-order valence-corrected chi connectivity index (χ3v) is 3.47. The van der Waals surface area contributed by atoms with Crippen molar-refractivity contribution in [3.05, 3.63) is 50.7 Å². The van der Waals surface area contributed by atoms with E-state index in [0.717, 1.165) is 5.56 Å². The molecular formula is C14H13Cl3N4. The monoisotopic (exact) mass is 342 g/mol. The van der Waals surface area contributed by atoms with Crippen molar-refractivity contribution in [2.75, 3.05) is 14.1 Å². The van der Waals surface area contributed by atoms with E-state index in [1.165, 1.54) is 0 Å². The summed E-state index contributed by atoms with van der Waals surface area (Å²) in [7, 11) is 3.70. The number of benzene rings is 1. The minimum Gasteiger partial charge on any atom is -0.369 e. The molecule has 4 nitrogen and oxygen atoms in total. The summed E-state index contributed by atoms with van der Waals surface area (Å²) < 4.78 is 0. The van der Waals surface area contributed by atoms with Crippen LogP contribution in [0.4, 0.5) is 5.95 Å². The fraction of sp³-hybridized carbons (Fsp3) is 0.214. The van der Waals surface area contributed by atoms with Gasteiger partial charge in [-0.15, -0.1) is 0 Å². The maximum absolute atomic E-state index is 6.18. The van der Waals surface area contributed by atoms with Crippen LogP contribution in [0, 0.1) is 0 Å². The van der Waals surface area contributed by atoms with Crippen LogP contribution in [0.5, 0.6) is 0 Å². The van der Waals surface area contributed by atoms with Crippen molar-refractivity contribution >= 4 is 47.1 Å². The third-order valence-electron chi connectivity index (χ3n) is 2.59. The average Bonchev–Trinajstić information content (AvgIpc) is 2.42. The molecule has 0 N–H and O–H groups in total. The predicted octanol–water partition coefficient (Wildman–Crippen LogP) is 4.25. The number of halogens is 3. The largest absolute Gasteiger partial charge is 0.369 e. The van der Waals surface area contributed by atoms with Gasteiger partial charge in [-0.3, -0.25) is 0 Å². The van der Waals surface area contributed by atoms with E-state index >= 15 is 0 Å². The molecule has 0 saturated carbocycles. The molecule has 0 saturated heterocycles. The van der Waals surface area contributed by atoms with Gasteiger partial charge in [0.2, 0.25) is 0 Å². The smallest absolute Gasteiger partial charge is 0.253 e. The van der Waals surface area contributed by atoms with E-state index in [2.05, 4.69) is 15.0 Å². The van der Waals surface area contributed by atoms with Crippen LogP contribution >= 0.6 is 34.8 Å². The van der Waals surface area contributed by atoms with E-state index in [1.807, 2.05) is 38.4 Å². The first kappa shape index (κ1) is 16.0. The van der Waals surface area contributed by atoms with Gasteiger partial charge in [0.05, 0.1) is 6.34 Å². The van der Waals surface area contributed by atoms with Crippen LogP contribution in [-0.4, -0.2) is 35.3 Å². The molecule has 1 aromatic carbocycles. The highest BCUT2D eigenvalue weighted by molar-refractivity contribution is 6.34. The van der Waals surface area contributed by atoms with Crippen LogP contribution in [0.3, 0.4) is 0 Å². The van der Waals surface area contributed by atoms with E-state index in [1.54, 1.807) is 11.2 Å². The minimum atomic E-state index is 0.235. The van der Waals surface area contributed by atoms with E-state index in [9.17, 15) is 0 Å². The second kappa shape index (κ2) is 7.07. The molecule has 1 aromatic heterocycles. The lowest BCUT2D eigenvalue weighted by Crippen LogP contribution is -2.07. The lowest BCUT2D eigenvalue weighted by molar-refractivity contribution is 0.642. The van der Waals surface area contributed by atoms with Crippen LogP contribution in [0.1, 0.15) is 11.1 Å². The van der Waals surface area contributed by atoms with Gasteiger partial charge in [0.25, 0.3) is 5.95 Å². The van der Waals surface area contributed by atoms with Crippen LogP contribution < -0.4 is 0 Å². The molecule has 2 aromatic rings. The second-order valence-electron chi connectivity index (χ2n) is 4.60. The quantitative estimate of drug-likeness (QED) is 0.473. The molecule has 21 heavy (non-hydrogen) atoms. The Kier molecular flexibility index (Phi) is 5.39. The molecule has 0 aliphatic heterocycles. The Bertz CT molecular complexity index is 631.